The molecule has 4 heteroatoms. The van der Waals surface area contributed by atoms with Crippen molar-refractivity contribution in [1.29, 1.82) is 0 Å². The normalized spacial score (nSPS) is 21.6. The van der Waals surface area contributed by atoms with E-state index in [0.29, 0.717) is 6.54 Å². The number of amides is 1. The van der Waals surface area contributed by atoms with Gasteiger partial charge in [0.25, 0.3) is 0 Å². The summed E-state index contributed by atoms with van der Waals surface area (Å²) in [6, 6.07) is 0. The zero-order valence-corrected chi connectivity index (χ0v) is 15.7. The average molecular weight is 335 g/mol. The Kier molecular flexibility index (Phi) is 6.88. The molecule has 0 spiro atoms. The van der Waals surface area contributed by atoms with Crippen LogP contribution in [0.4, 0.5) is 4.79 Å². The second-order valence-corrected chi connectivity index (χ2v) is 8.17. The Balaban J connectivity index is 2.08. The molecule has 0 unspecified atom stereocenters. The fourth-order valence-electron chi connectivity index (χ4n) is 3.55. The molecule has 0 aromatic rings. The molecule has 0 saturated heterocycles. The van der Waals surface area contributed by atoms with Crippen LogP contribution in [0.3, 0.4) is 0 Å². The van der Waals surface area contributed by atoms with E-state index in [9.17, 15) is 9.59 Å². The summed E-state index contributed by atoms with van der Waals surface area (Å²) in [6.07, 6.45) is 11.3. The molecule has 0 atom stereocenters. The average Bonchev–Trinajstić information content (AvgIpc) is 2.46. The molecule has 0 aromatic carbocycles. The molecule has 1 aliphatic heterocycles. The number of hydrogen-bond donors (Lipinski definition) is 0. The van der Waals surface area contributed by atoms with Gasteiger partial charge in [0.2, 0.25) is 0 Å². The van der Waals surface area contributed by atoms with E-state index < -0.39 is 5.60 Å². The highest BCUT2D eigenvalue weighted by Crippen LogP contribution is 2.27. The number of carbonyl (C=O) groups excluding carboxylic acids is 2. The van der Waals surface area contributed by atoms with Gasteiger partial charge in [-0.15, -0.1) is 0 Å². The van der Waals surface area contributed by atoms with Crippen LogP contribution in [0.25, 0.3) is 0 Å². The minimum atomic E-state index is -0.527. The van der Waals surface area contributed by atoms with Crippen LogP contribution in [0.2, 0.25) is 0 Å². The molecule has 1 amide bonds. The predicted molar refractivity (Wildman–Crippen MR) is 96.0 cm³/mol. The molecule has 136 valence electrons. The third-order valence-electron chi connectivity index (χ3n) is 4.79. The van der Waals surface area contributed by atoms with E-state index in [4.69, 9.17) is 4.74 Å². The second kappa shape index (κ2) is 8.68. The quantitative estimate of drug-likeness (QED) is 0.624. The van der Waals surface area contributed by atoms with Gasteiger partial charge in [0, 0.05) is 6.54 Å². The van der Waals surface area contributed by atoms with Crippen molar-refractivity contribution < 1.29 is 14.3 Å². The smallest absolute Gasteiger partial charge is 0.410 e. The lowest BCUT2D eigenvalue weighted by molar-refractivity contribution is -0.117. The minimum Gasteiger partial charge on any atom is -0.444 e. The summed E-state index contributed by atoms with van der Waals surface area (Å²) >= 11 is 0. The molecule has 2 aliphatic rings. The van der Waals surface area contributed by atoms with Crippen molar-refractivity contribution in [2.24, 2.45) is 0 Å². The maximum atomic E-state index is 12.6. The summed E-state index contributed by atoms with van der Waals surface area (Å²) in [5.41, 5.74) is 1.66. The minimum absolute atomic E-state index is 0.124. The van der Waals surface area contributed by atoms with Crippen LogP contribution in [-0.2, 0) is 9.53 Å². The van der Waals surface area contributed by atoms with Gasteiger partial charge < -0.3 is 4.74 Å². The van der Waals surface area contributed by atoms with Gasteiger partial charge in [-0.25, -0.2) is 4.79 Å². The van der Waals surface area contributed by atoms with Crippen LogP contribution in [0.15, 0.2) is 11.1 Å². The fourth-order valence-corrected chi connectivity index (χ4v) is 3.55. The standard InChI is InChI=1S/C20H33NO3/c1-20(2,3)24-19(23)21-14-16-12-10-8-6-4-5-7-9-11-13-17(16)18(22)15-21/h4-15H2,1-3H3. The third kappa shape index (κ3) is 5.95. The predicted octanol–water partition coefficient (Wildman–Crippen LogP) is 5.02. The van der Waals surface area contributed by atoms with Crippen LogP contribution in [-0.4, -0.2) is 35.5 Å². The van der Waals surface area contributed by atoms with Gasteiger partial charge in [0.05, 0.1) is 6.54 Å². The Morgan fingerprint density at radius 2 is 1.42 bits per heavy atom. The van der Waals surface area contributed by atoms with Crippen molar-refractivity contribution in [2.45, 2.75) is 90.6 Å². The van der Waals surface area contributed by atoms with E-state index in [-0.39, 0.29) is 18.4 Å². The summed E-state index contributed by atoms with van der Waals surface area (Å²) < 4.78 is 5.45. The van der Waals surface area contributed by atoms with Crippen molar-refractivity contribution in [3.63, 3.8) is 0 Å². The monoisotopic (exact) mass is 335 g/mol. The molecule has 24 heavy (non-hydrogen) atoms. The number of ether oxygens (including phenoxy) is 1. The van der Waals surface area contributed by atoms with E-state index in [0.717, 1.165) is 31.3 Å². The van der Waals surface area contributed by atoms with Crippen LogP contribution in [0.5, 0.6) is 0 Å². The lowest BCUT2D eigenvalue weighted by atomic mass is 9.90. The number of rotatable bonds is 0. The van der Waals surface area contributed by atoms with Crippen molar-refractivity contribution >= 4 is 11.9 Å². The molecule has 1 heterocycles. The molecular formula is C20H33NO3. The van der Waals surface area contributed by atoms with E-state index >= 15 is 0 Å². The third-order valence-corrected chi connectivity index (χ3v) is 4.79. The van der Waals surface area contributed by atoms with Gasteiger partial charge in [-0.2, -0.15) is 0 Å². The topological polar surface area (TPSA) is 46.6 Å². The van der Waals surface area contributed by atoms with E-state index in [1.165, 1.54) is 44.1 Å². The zero-order chi connectivity index (χ0) is 17.6. The molecular weight excluding hydrogens is 302 g/mol. The summed E-state index contributed by atoms with van der Waals surface area (Å²) in [4.78, 5) is 26.5. The highest BCUT2D eigenvalue weighted by Gasteiger charge is 2.30. The molecule has 1 aliphatic carbocycles. The van der Waals surface area contributed by atoms with E-state index in [1.807, 2.05) is 20.8 Å². The molecule has 4 nitrogen and oxygen atoms in total. The summed E-state index contributed by atoms with van der Waals surface area (Å²) in [7, 11) is 0. The van der Waals surface area contributed by atoms with Crippen LogP contribution in [0.1, 0.15) is 85.0 Å². The highest BCUT2D eigenvalue weighted by atomic mass is 16.6. The fraction of sp³-hybridized carbons (Fsp3) is 0.800. The first-order chi connectivity index (χ1) is 11.4. The number of hydrogen-bond acceptors (Lipinski definition) is 3. The maximum absolute atomic E-state index is 12.6. The van der Waals surface area contributed by atoms with Crippen LogP contribution < -0.4 is 0 Å². The van der Waals surface area contributed by atoms with Gasteiger partial charge in [-0.3, -0.25) is 9.69 Å². The first-order valence-corrected chi connectivity index (χ1v) is 9.59. The molecule has 0 bridgehead atoms. The maximum Gasteiger partial charge on any atom is 0.410 e. The van der Waals surface area contributed by atoms with Gasteiger partial charge in [-0.05, 0) is 57.6 Å². The van der Waals surface area contributed by atoms with Crippen molar-refractivity contribution in [2.75, 3.05) is 13.1 Å². The Morgan fingerprint density at radius 1 is 0.875 bits per heavy atom. The molecule has 2 rings (SSSR count). The summed E-state index contributed by atoms with van der Waals surface area (Å²) in [6.45, 7) is 6.32. The second-order valence-electron chi connectivity index (χ2n) is 8.17. The number of Topliss-reactive ketones (excluding diaryl/α,β-unsaturated/α-hetero) is 1. The summed E-state index contributed by atoms with van der Waals surface area (Å²) in [5.74, 6) is 0.124. The van der Waals surface area contributed by atoms with Crippen molar-refractivity contribution in [3.05, 3.63) is 11.1 Å². The first-order valence-electron chi connectivity index (χ1n) is 9.59. The SMILES string of the molecule is CC(C)(C)OC(=O)N1CC(=O)C2=C(CCCCCCCCCC2)C1. The molecule has 0 radical (unpaired) electrons. The Hall–Kier alpha value is -1.32. The lowest BCUT2D eigenvalue weighted by Gasteiger charge is -2.32. The van der Waals surface area contributed by atoms with Crippen LogP contribution in [0, 0.1) is 0 Å². The van der Waals surface area contributed by atoms with Gasteiger partial charge in [0.15, 0.2) is 5.78 Å². The number of ketones is 1. The lowest BCUT2D eigenvalue weighted by Crippen LogP contribution is -2.44. The van der Waals surface area contributed by atoms with E-state index in [1.54, 1.807) is 4.90 Å². The van der Waals surface area contributed by atoms with Gasteiger partial charge in [-0.1, -0.05) is 38.5 Å². The number of carbonyl (C=O) groups is 2. The Morgan fingerprint density at radius 3 is 2.00 bits per heavy atom. The first kappa shape index (κ1) is 19.0. The van der Waals surface area contributed by atoms with Crippen molar-refractivity contribution in [1.82, 2.24) is 4.90 Å². The Bertz CT molecular complexity index is 488. The Labute approximate surface area is 146 Å². The van der Waals surface area contributed by atoms with E-state index in [2.05, 4.69) is 0 Å². The highest BCUT2D eigenvalue weighted by molar-refractivity contribution is 6.00. The largest absolute Gasteiger partial charge is 0.444 e. The van der Waals surface area contributed by atoms with Gasteiger partial charge in [0.1, 0.15) is 5.60 Å². The van der Waals surface area contributed by atoms with Crippen LogP contribution >= 0.6 is 0 Å². The summed E-state index contributed by atoms with van der Waals surface area (Å²) in [5, 5.41) is 0. The zero-order valence-electron chi connectivity index (χ0n) is 15.7. The molecule has 0 fully saturated rings. The molecule has 0 saturated carbocycles. The van der Waals surface area contributed by atoms with Crippen molar-refractivity contribution in [3.8, 4) is 0 Å². The molecule has 0 N–H and O–H groups in total. The van der Waals surface area contributed by atoms with Gasteiger partial charge >= 0.3 is 6.09 Å². The number of nitrogens with zero attached hydrogens (tertiary/aromatic N) is 1. The molecule has 0 aromatic heterocycles.